The molecule has 6 aromatic heterocycles. The lowest BCUT2D eigenvalue weighted by molar-refractivity contribution is -0.160. The first-order valence-electron chi connectivity index (χ1n) is 43.5. The van der Waals surface area contributed by atoms with Gasteiger partial charge in [0, 0.05) is 156 Å². The number of nitrogens with zero attached hydrogens (tertiary/aromatic N) is 16. The van der Waals surface area contributed by atoms with E-state index in [1.807, 2.05) is 49.9 Å². The Balaban J connectivity index is 0.000000220. The lowest BCUT2D eigenvalue weighted by Crippen LogP contribution is -2.51. The number of benzene rings is 1. The Morgan fingerprint density at radius 1 is 0.438 bits per heavy atom. The topological polar surface area (TPSA) is 567 Å². The SMILES string of the molecule is CC(C)(C)OC(=O)N1CCN(c2ncnc3c2CCC(=O)N3)CC1.CC(C)NC[C@@H](C(=O)N1CCN(c2ncnc3c2CCC(=O)N3)CC1)c1ccc(Cl)cc1.COC(=O)CC(=O)OC.COC(=O)CCC(C(=O)OC)C(=O)OC.COC(=O)CCc1c(Cl)ncnc1Cl.COC(=O)CCc1c(O)nc[nH]c1=O.O=C1CCc2c(Cl)ncnc2N1.O=C1CCc2c(ncnc2N2CCCCC2)N1. The van der Waals surface area contributed by atoms with E-state index in [-0.39, 0.29) is 108 Å². The van der Waals surface area contributed by atoms with Gasteiger partial charge in [-0.25, -0.2) is 59.6 Å². The number of piperazine rings is 2. The number of methoxy groups -OCH3 is 7. The number of aromatic hydroxyl groups is 1. The summed E-state index contributed by atoms with van der Waals surface area (Å²) in [6, 6.07) is 7.83. The van der Waals surface area contributed by atoms with Crippen LogP contribution in [-0.4, -0.2) is 286 Å². The highest BCUT2D eigenvalue weighted by atomic mass is 35.5. The molecule has 7 aliphatic heterocycles. The third-order valence-electron chi connectivity index (χ3n) is 21.1. The number of anilines is 7. The van der Waals surface area contributed by atoms with Crippen LogP contribution in [0.2, 0.25) is 20.5 Å². The van der Waals surface area contributed by atoms with E-state index < -0.39 is 52.9 Å². The minimum absolute atomic E-state index is 0.0121. The maximum absolute atomic E-state index is 13.5. The summed E-state index contributed by atoms with van der Waals surface area (Å²) in [6.45, 7) is 17.6. The quantitative estimate of drug-likeness (QED) is 0.0160. The average molecular weight is 1990 g/mol. The summed E-state index contributed by atoms with van der Waals surface area (Å²) in [5.74, 6) is -0.197. The number of H-pyrrole nitrogens is 1. The van der Waals surface area contributed by atoms with Crippen LogP contribution in [0.5, 0.6) is 5.88 Å². The Morgan fingerprint density at radius 2 is 0.818 bits per heavy atom. The van der Waals surface area contributed by atoms with Crippen molar-refractivity contribution in [3.63, 3.8) is 0 Å². The molecule has 13 heterocycles. The fourth-order valence-electron chi connectivity index (χ4n) is 13.9. The van der Waals surface area contributed by atoms with E-state index in [2.05, 4.69) is 148 Å². The highest BCUT2D eigenvalue weighted by Crippen LogP contribution is 2.34. The molecule has 0 aliphatic carbocycles. The van der Waals surface area contributed by atoms with Crippen LogP contribution in [0.4, 0.5) is 45.5 Å². The van der Waals surface area contributed by atoms with E-state index in [0.717, 1.165) is 85.3 Å². The number of ether oxygens (including phenoxy) is 8. The maximum Gasteiger partial charge on any atom is 0.410 e. The average Bonchev–Trinajstić information content (AvgIpc) is 0.809. The first-order valence-corrected chi connectivity index (χ1v) is 45.1. The summed E-state index contributed by atoms with van der Waals surface area (Å²) in [7, 11) is 8.57. The third kappa shape index (κ3) is 35.7. The van der Waals surface area contributed by atoms with E-state index in [1.54, 1.807) is 11.2 Å². The van der Waals surface area contributed by atoms with E-state index >= 15 is 0 Å². The molecule has 742 valence electrons. The number of carbonyl (C=O) groups excluding carboxylic acids is 13. The highest BCUT2D eigenvalue weighted by molar-refractivity contribution is 6.34. The van der Waals surface area contributed by atoms with Crippen LogP contribution in [0.25, 0.3) is 0 Å². The second kappa shape index (κ2) is 56.3. The summed E-state index contributed by atoms with van der Waals surface area (Å²) in [4.78, 5) is 215. The van der Waals surface area contributed by atoms with Crippen LogP contribution in [0.1, 0.15) is 157 Å². The summed E-state index contributed by atoms with van der Waals surface area (Å²) < 4.78 is 35.9. The standard InChI is InChI=1S/C23H29ClN6O2.C16H23N5O3.C12H16N4O.C9H14O6.C8H8Cl2N2O2.C8H10N2O4.C7H6ClN3O.C5H8O4/c1-15(2)25-13-19(16-3-5-17(24)6-4-16)23(32)30-11-9-29(10-12-30)22-18-7-8-20(31)28-21(18)26-14-27-22;1-16(2,3)24-15(23)21-8-6-20(7-9-21)14-11-4-5-12(22)19-13(11)17-10-18-14;17-10-5-4-9-11(15-10)13-8-14-12(9)16-6-2-1-3-7-16;1-13-7(10)5-4-6(8(11)14-2)9(12)15-3;1-14-6(13)3-2-5-7(9)11-4-12-8(5)10;1-14-6(11)3-2-5-7(12)9-4-10-8(5)13;8-6-4-1-2-5(12)11-7(4)10-3-9-6;1-8-4(6)3-5(7)9-2/h3-6,14-15,19,25H,7-13H2,1-2H3,(H,26,27,28,31);10H,4-9H2,1-3H3,(H,17,18,19,22);8H,1-7H2,(H,13,14,15,17);6H,4-5H2,1-3H3;4H,2-3H2,1H3;4H,2-3H2,1H3,(H2,9,10,12,13);3H,1-2H2,(H,9,10,11,12);3H2,1-2H3/t19-;;;;;;;/m1......./s1. The number of esters is 7. The van der Waals surface area contributed by atoms with Crippen molar-refractivity contribution in [1.82, 2.24) is 74.9 Å². The van der Waals surface area contributed by atoms with Gasteiger partial charge in [-0.05, 0) is 103 Å². The van der Waals surface area contributed by atoms with E-state index in [4.69, 9.17) is 51.1 Å². The first-order chi connectivity index (χ1) is 65.4. The molecule has 137 heavy (non-hydrogen) atoms. The molecule has 1 atom stereocenters. The molecule has 0 saturated carbocycles. The molecule has 49 heteroatoms. The zero-order valence-corrected chi connectivity index (χ0v) is 81.1. The number of fused-ring (bicyclic) bond motifs is 4. The second-order valence-corrected chi connectivity index (χ2v) is 33.4. The lowest BCUT2D eigenvalue weighted by atomic mass is 9.96. The number of piperidine rings is 1. The van der Waals surface area contributed by atoms with Crippen molar-refractivity contribution in [2.24, 2.45) is 5.92 Å². The molecular weight excluding hydrogens is 1870 g/mol. The number of carbonyl (C=O) groups is 13. The fraction of sp³-hybridized carbons (Fsp3) is 0.511. The summed E-state index contributed by atoms with van der Waals surface area (Å²) in [5.41, 5.74) is 4.59. The minimum Gasteiger partial charge on any atom is -0.493 e. The molecule has 45 nitrogen and oxygen atoms in total. The van der Waals surface area contributed by atoms with Crippen LogP contribution in [0.3, 0.4) is 0 Å². The van der Waals surface area contributed by atoms with E-state index in [0.29, 0.717) is 155 Å². The van der Waals surface area contributed by atoms with Gasteiger partial charge in [-0.15, -0.1) is 0 Å². The van der Waals surface area contributed by atoms with Gasteiger partial charge in [-0.3, -0.25) is 62.3 Å². The van der Waals surface area contributed by atoms with Gasteiger partial charge < -0.3 is 99.1 Å². The Labute approximate surface area is 809 Å². The van der Waals surface area contributed by atoms with Crippen molar-refractivity contribution in [1.29, 1.82) is 0 Å². The minimum atomic E-state index is -1.07. The van der Waals surface area contributed by atoms with E-state index in [1.165, 1.54) is 80.1 Å². The van der Waals surface area contributed by atoms with Crippen molar-refractivity contribution in [3.8, 4) is 5.88 Å². The molecule has 3 saturated heterocycles. The van der Waals surface area contributed by atoms with Gasteiger partial charge in [0.1, 0.15) is 99.8 Å². The first kappa shape index (κ1) is 111. The van der Waals surface area contributed by atoms with Crippen molar-refractivity contribution in [2.75, 3.05) is 158 Å². The molecule has 7 N–H and O–H groups in total. The predicted molar refractivity (Wildman–Crippen MR) is 500 cm³/mol. The fourth-order valence-corrected chi connectivity index (χ4v) is 14.8. The lowest BCUT2D eigenvalue weighted by Gasteiger charge is -2.38. The number of halogens is 4. The van der Waals surface area contributed by atoms with Crippen molar-refractivity contribution < 1.29 is 105 Å². The largest absolute Gasteiger partial charge is 0.493 e. The van der Waals surface area contributed by atoms with Crippen molar-refractivity contribution in [2.45, 2.75) is 168 Å². The van der Waals surface area contributed by atoms with Crippen molar-refractivity contribution in [3.05, 3.63) is 132 Å². The number of hydrogen-bond acceptors (Lipinski definition) is 38. The number of aromatic nitrogens is 12. The van der Waals surface area contributed by atoms with Crippen LogP contribution in [-0.2, 0) is 134 Å². The highest BCUT2D eigenvalue weighted by Gasteiger charge is 2.35. The van der Waals surface area contributed by atoms with Gasteiger partial charge >= 0.3 is 47.9 Å². The van der Waals surface area contributed by atoms with Crippen LogP contribution in [0, 0.1) is 5.92 Å². The van der Waals surface area contributed by atoms with Gasteiger partial charge in [0.05, 0.1) is 67.6 Å². The third-order valence-corrected chi connectivity index (χ3v) is 22.4. The van der Waals surface area contributed by atoms with Crippen LogP contribution >= 0.6 is 46.4 Å². The molecule has 1 aromatic carbocycles. The Bertz CT molecular complexity index is 5320. The number of rotatable bonds is 21. The molecule has 0 radical (unpaired) electrons. The number of aromatic amines is 1. The Hall–Kier alpha value is -13.3. The molecule has 7 aromatic rings. The second-order valence-electron chi connectivity index (χ2n) is 31.9. The zero-order chi connectivity index (χ0) is 100. The van der Waals surface area contributed by atoms with Gasteiger partial charge in [-0.1, -0.05) is 72.4 Å². The Morgan fingerprint density at radius 3 is 1.23 bits per heavy atom. The van der Waals surface area contributed by atoms with Crippen molar-refractivity contribution >= 4 is 165 Å². The molecule has 3 fully saturated rings. The molecule has 14 rings (SSSR count). The number of hydrogen-bond donors (Lipinski definition) is 7. The number of amides is 6. The van der Waals surface area contributed by atoms with Crippen LogP contribution < -0.4 is 46.8 Å². The summed E-state index contributed by atoms with van der Waals surface area (Å²) >= 11 is 23.4. The van der Waals surface area contributed by atoms with Gasteiger partial charge in [0.2, 0.25) is 35.4 Å². The summed E-state index contributed by atoms with van der Waals surface area (Å²) in [5, 5.41) is 25.3. The molecular formula is C88H114Cl4N22O23. The van der Waals surface area contributed by atoms with Gasteiger partial charge in [0.25, 0.3) is 5.56 Å². The smallest absolute Gasteiger partial charge is 0.410 e. The summed E-state index contributed by atoms with van der Waals surface area (Å²) in [6.07, 6.45) is 16.7. The molecule has 0 bridgehead atoms. The maximum atomic E-state index is 13.5. The monoisotopic (exact) mass is 1990 g/mol. The normalized spacial score (nSPS) is 14.6. The molecule has 6 amide bonds. The number of nitrogens with one attached hydrogen (secondary N) is 6. The van der Waals surface area contributed by atoms with E-state index in [9.17, 15) is 72.2 Å². The zero-order valence-electron chi connectivity index (χ0n) is 78.1. The molecule has 7 aliphatic rings. The van der Waals surface area contributed by atoms with Gasteiger partial charge in [0.15, 0.2) is 5.92 Å². The molecule has 0 spiro atoms. The molecule has 0 unspecified atom stereocenters. The predicted octanol–water partition coefficient (Wildman–Crippen LogP) is 7.32. The van der Waals surface area contributed by atoms with Gasteiger partial charge in [-0.2, -0.15) is 0 Å². The van der Waals surface area contributed by atoms with Crippen LogP contribution in [0.15, 0.2) is 67.0 Å². The Kier molecular flexibility index (Phi) is 45.5.